The maximum atomic E-state index is 13.0. The van der Waals surface area contributed by atoms with Crippen molar-refractivity contribution < 1.29 is 31.9 Å². The molecule has 2 amide bonds. The van der Waals surface area contributed by atoms with Crippen LogP contribution in [0.5, 0.6) is 0 Å². The standard InChI is InChI=1S/C25H24F3N3O4/c26-25(27,28)19-7-3-17(4-8-19)21(31-11-14-34-15-12-31)16-29-23(32)18-5-9-20(10-6-18)30-24(33)22-2-1-13-35-22/h1-10,13,21H,11-12,14-16H2,(H,29,32)(H,30,33). The molecule has 4 rings (SSSR count). The van der Waals surface area contributed by atoms with Crippen molar-refractivity contribution in [2.24, 2.45) is 0 Å². The van der Waals surface area contributed by atoms with E-state index in [4.69, 9.17) is 9.15 Å². The van der Waals surface area contributed by atoms with Gasteiger partial charge in [-0.25, -0.2) is 0 Å². The molecule has 2 heterocycles. The number of morpholine rings is 1. The minimum atomic E-state index is -4.41. The second-order valence-corrected chi connectivity index (χ2v) is 8.00. The zero-order valence-corrected chi connectivity index (χ0v) is 18.7. The van der Waals surface area contributed by atoms with Crippen molar-refractivity contribution >= 4 is 17.5 Å². The van der Waals surface area contributed by atoms with Crippen molar-refractivity contribution in [2.45, 2.75) is 12.2 Å². The summed E-state index contributed by atoms with van der Waals surface area (Å²) >= 11 is 0. The van der Waals surface area contributed by atoms with Gasteiger partial charge in [0, 0.05) is 30.9 Å². The second kappa shape index (κ2) is 10.7. The number of ether oxygens (including phenoxy) is 1. The van der Waals surface area contributed by atoms with E-state index in [1.54, 1.807) is 36.4 Å². The Labute approximate surface area is 199 Å². The van der Waals surface area contributed by atoms with Crippen LogP contribution in [-0.4, -0.2) is 49.6 Å². The first-order valence-corrected chi connectivity index (χ1v) is 11.0. The number of alkyl halides is 3. The second-order valence-electron chi connectivity index (χ2n) is 8.00. The zero-order chi connectivity index (χ0) is 24.8. The largest absolute Gasteiger partial charge is 0.459 e. The topological polar surface area (TPSA) is 83.8 Å². The van der Waals surface area contributed by atoms with Gasteiger partial charge < -0.3 is 19.8 Å². The molecular weight excluding hydrogens is 463 g/mol. The van der Waals surface area contributed by atoms with Crippen LogP contribution in [0.15, 0.2) is 71.3 Å². The highest BCUT2D eigenvalue weighted by molar-refractivity contribution is 6.02. The monoisotopic (exact) mass is 487 g/mol. The predicted molar refractivity (Wildman–Crippen MR) is 122 cm³/mol. The highest BCUT2D eigenvalue weighted by Gasteiger charge is 2.31. The van der Waals surface area contributed by atoms with Gasteiger partial charge >= 0.3 is 6.18 Å². The quantitative estimate of drug-likeness (QED) is 0.518. The van der Waals surface area contributed by atoms with Crippen molar-refractivity contribution in [1.82, 2.24) is 10.2 Å². The summed E-state index contributed by atoms with van der Waals surface area (Å²) < 4.78 is 49.4. The van der Waals surface area contributed by atoms with E-state index < -0.39 is 17.6 Å². The molecule has 3 aromatic rings. The molecule has 2 aromatic carbocycles. The third-order valence-electron chi connectivity index (χ3n) is 5.72. The van der Waals surface area contributed by atoms with Gasteiger partial charge in [0.15, 0.2) is 5.76 Å². The lowest BCUT2D eigenvalue weighted by molar-refractivity contribution is -0.137. The molecule has 10 heteroatoms. The van der Waals surface area contributed by atoms with Gasteiger partial charge in [0.25, 0.3) is 11.8 Å². The smallest absolute Gasteiger partial charge is 0.416 e. The molecule has 0 bridgehead atoms. The fourth-order valence-electron chi connectivity index (χ4n) is 3.84. The van der Waals surface area contributed by atoms with E-state index in [1.807, 2.05) is 0 Å². The summed E-state index contributed by atoms with van der Waals surface area (Å²) in [5, 5.41) is 5.55. The minimum absolute atomic E-state index is 0.171. The van der Waals surface area contributed by atoms with Gasteiger partial charge in [-0.2, -0.15) is 13.2 Å². The van der Waals surface area contributed by atoms with Crippen LogP contribution in [0.3, 0.4) is 0 Å². The van der Waals surface area contributed by atoms with E-state index in [0.29, 0.717) is 43.1 Å². The van der Waals surface area contributed by atoms with Gasteiger partial charge in [-0.1, -0.05) is 12.1 Å². The third-order valence-corrected chi connectivity index (χ3v) is 5.72. The molecule has 1 aliphatic heterocycles. The SMILES string of the molecule is O=C(NCC(c1ccc(C(F)(F)F)cc1)N1CCOCC1)c1ccc(NC(=O)c2ccco2)cc1. The number of anilines is 1. The Morgan fingerprint density at radius 3 is 2.23 bits per heavy atom. The van der Waals surface area contributed by atoms with E-state index in [-0.39, 0.29) is 24.3 Å². The van der Waals surface area contributed by atoms with Gasteiger partial charge in [-0.15, -0.1) is 0 Å². The lowest BCUT2D eigenvalue weighted by Crippen LogP contribution is -2.43. The van der Waals surface area contributed by atoms with Gasteiger partial charge in [0.2, 0.25) is 0 Å². The van der Waals surface area contributed by atoms with Gasteiger partial charge in [-0.05, 0) is 54.1 Å². The molecule has 1 atom stereocenters. The first-order chi connectivity index (χ1) is 16.8. The molecule has 1 aliphatic rings. The summed E-state index contributed by atoms with van der Waals surface area (Å²) in [6.07, 6.45) is -3.01. The Hall–Kier alpha value is -3.63. The van der Waals surface area contributed by atoms with Crippen LogP contribution in [0.4, 0.5) is 18.9 Å². The van der Waals surface area contributed by atoms with E-state index in [2.05, 4.69) is 15.5 Å². The summed E-state index contributed by atoms with van der Waals surface area (Å²) in [6, 6.07) is 14.2. The summed E-state index contributed by atoms with van der Waals surface area (Å²) in [4.78, 5) is 26.9. The van der Waals surface area contributed by atoms with Crippen LogP contribution in [0.25, 0.3) is 0 Å². The number of hydrogen-bond donors (Lipinski definition) is 2. The first-order valence-electron chi connectivity index (χ1n) is 11.0. The molecule has 1 fully saturated rings. The van der Waals surface area contributed by atoms with E-state index >= 15 is 0 Å². The van der Waals surface area contributed by atoms with E-state index in [9.17, 15) is 22.8 Å². The van der Waals surface area contributed by atoms with Gasteiger partial charge in [0.1, 0.15) is 0 Å². The molecule has 0 aliphatic carbocycles. The molecule has 0 radical (unpaired) electrons. The normalized spacial score (nSPS) is 15.4. The van der Waals surface area contributed by atoms with E-state index in [0.717, 1.165) is 12.1 Å². The average molecular weight is 487 g/mol. The lowest BCUT2D eigenvalue weighted by Gasteiger charge is -2.35. The number of nitrogens with one attached hydrogen (secondary N) is 2. The number of hydrogen-bond acceptors (Lipinski definition) is 5. The van der Waals surface area contributed by atoms with Crippen LogP contribution < -0.4 is 10.6 Å². The molecule has 1 unspecified atom stereocenters. The maximum Gasteiger partial charge on any atom is 0.416 e. The molecule has 1 aromatic heterocycles. The number of benzene rings is 2. The number of furan rings is 1. The Balaban J connectivity index is 1.41. The molecule has 7 nitrogen and oxygen atoms in total. The first kappa shape index (κ1) is 24.5. The number of amides is 2. The van der Waals surface area contributed by atoms with Crippen molar-refractivity contribution in [3.8, 4) is 0 Å². The fourth-order valence-corrected chi connectivity index (χ4v) is 3.84. The van der Waals surface area contributed by atoms with Crippen LogP contribution in [-0.2, 0) is 10.9 Å². The number of nitrogens with zero attached hydrogens (tertiary/aromatic N) is 1. The molecule has 0 saturated carbocycles. The third kappa shape index (κ3) is 6.28. The molecule has 184 valence electrons. The van der Waals surface area contributed by atoms with Crippen molar-refractivity contribution in [3.05, 3.63) is 89.4 Å². The summed E-state index contributed by atoms with van der Waals surface area (Å²) in [7, 11) is 0. The Morgan fingerprint density at radius 1 is 0.943 bits per heavy atom. The predicted octanol–water partition coefficient (Wildman–Crippen LogP) is 4.35. The summed E-state index contributed by atoms with van der Waals surface area (Å²) in [5.41, 5.74) is 0.842. The maximum absolute atomic E-state index is 13.0. The highest BCUT2D eigenvalue weighted by Crippen LogP contribution is 2.31. The minimum Gasteiger partial charge on any atom is -0.459 e. The van der Waals surface area contributed by atoms with Crippen molar-refractivity contribution in [2.75, 3.05) is 38.2 Å². The molecule has 35 heavy (non-hydrogen) atoms. The Bertz CT molecular complexity index is 1120. The number of carbonyl (C=O) groups is 2. The highest BCUT2D eigenvalue weighted by atomic mass is 19.4. The van der Waals surface area contributed by atoms with Crippen LogP contribution in [0.2, 0.25) is 0 Å². The number of carbonyl (C=O) groups excluding carboxylic acids is 2. The Kier molecular flexibility index (Phi) is 7.52. The Morgan fingerprint density at radius 2 is 1.63 bits per heavy atom. The van der Waals surface area contributed by atoms with Crippen LogP contribution >= 0.6 is 0 Å². The molecule has 1 saturated heterocycles. The molecular formula is C25H24F3N3O4. The average Bonchev–Trinajstić information content (AvgIpc) is 3.40. The molecule has 0 spiro atoms. The van der Waals surface area contributed by atoms with Gasteiger partial charge in [0.05, 0.1) is 31.1 Å². The van der Waals surface area contributed by atoms with Gasteiger partial charge in [-0.3, -0.25) is 14.5 Å². The van der Waals surface area contributed by atoms with Crippen LogP contribution in [0, 0.1) is 0 Å². The number of halogens is 3. The zero-order valence-electron chi connectivity index (χ0n) is 18.7. The number of rotatable bonds is 7. The summed E-state index contributed by atoms with van der Waals surface area (Å²) in [6.45, 7) is 2.44. The molecule has 2 N–H and O–H groups in total. The van der Waals surface area contributed by atoms with E-state index in [1.165, 1.54) is 18.4 Å². The van der Waals surface area contributed by atoms with Crippen LogP contribution in [0.1, 0.15) is 38.1 Å². The van der Waals surface area contributed by atoms with Crippen molar-refractivity contribution in [3.63, 3.8) is 0 Å². The lowest BCUT2D eigenvalue weighted by atomic mass is 10.0. The summed E-state index contributed by atoms with van der Waals surface area (Å²) in [5.74, 6) is -0.569. The van der Waals surface area contributed by atoms with Crippen molar-refractivity contribution in [1.29, 1.82) is 0 Å². The fraction of sp³-hybridized carbons (Fsp3) is 0.280.